The average molecular weight is 502 g/mol. The quantitative estimate of drug-likeness (QED) is 0.338. The molecule has 2 N–H and O–H groups in total. The number of likely N-dealkylation sites (tertiary alicyclic amines) is 1. The van der Waals surface area contributed by atoms with Crippen LogP contribution in [0.4, 0.5) is 0 Å². The Morgan fingerprint density at radius 2 is 2.04 bits per heavy atom. The van der Waals surface area contributed by atoms with Gasteiger partial charge in [-0.2, -0.15) is 0 Å². The molecule has 3 heterocycles. The van der Waals surface area contributed by atoms with E-state index in [0.717, 1.165) is 37.9 Å². The predicted molar refractivity (Wildman–Crippen MR) is 124 cm³/mol. The third-order valence-corrected chi connectivity index (χ3v) is 6.26. The summed E-state index contributed by atoms with van der Waals surface area (Å²) in [6.07, 6.45) is 4.29. The predicted octanol–water partition coefficient (Wildman–Crippen LogP) is 4.24. The van der Waals surface area contributed by atoms with E-state index in [9.17, 15) is 0 Å². The molecule has 27 heavy (non-hydrogen) atoms. The van der Waals surface area contributed by atoms with Crippen molar-refractivity contribution in [3.05, 3.63) is 46.5 Å². The molecule has 3 rings (SSSR count). The van der Waals surface area contributed by atoms with Gasteiger partial charge in [-0.05, 0) is 49.5 Å². The van der Waals surface area contributed by atoms with Crippen LogP contribution in [-0.4, -0.2) is 44.1 Å². The Hall–Kier alpha value is -1.06. The maximum absolute atomic E-state index is 5.70. The van der Waals surface area contributed by atoms with E-state index in [1.807, 2.05) is 13.1 Å². The summed E-state index contributed by atoms with van der Waals surface area (Å²) < 4.78 is 5.70. The van der Waals surface area contributed by atoms with Gasteiger partial charge in [-0.1, -0.05) is 19.9 Å². The lowest BCUT2D eigenvalue weighted by atomic mass is 9.91. The zero-order valence-corrected chi connectivity index (χ0v) is 19.6. The number of furan rings is 1. The second kappa shape index (κ2) is 10.5. The number of thiophene rings is 1. The summed E-state index contributed by atoms with van der Waals surface area (Å²) in [5, 5.41) is 9.11. The van der Waals surface area contributed by atoms with E-state index in [-0.39, 0.29) is 35.4 Å². The van der Waals surface area contributed by atoms with Gasteiger partial charge in [-0.15, -0.1) is 35.3 Å². The van der Waals surface area contributed by atoms with Gasteiger partial charge >= 0.3 is 0 Å². The molecular weight excluding hydrogens is 471 g/mol. The van der Waals surface area contributed by atoms with E-state index in [1.54, 1.807) is 17.6 Å². The summed E-state index contributed by atoms with van der Waals surface area (Å²) >= 11 is 1.80. The topological polar surface area (TPSA) is 52.8 Å². The highest BCUT2D eigenvalue weighted by Crippen LogP contribution is 2.27. The minimum Gasteiger partial charge on any atom is -0.468 e. The van der Waals surface area contributed by atoms with Crippen molar-refractivity contribution in [1.82, 2.24) is 15.5 Å². The van der Waals surface area contributed by atoms with E-state index in [2.05, 4.69) is 58.0 Å². The molecule has 0 aromatic carbocycles. The molecule has 1 aliphatic rings. The highest BCUT2D eigenvalue weighted by Gasteiger charge is 2.26. The molecular formula is C20H31IN4OS. The molecule has 150 valence electrons. The molecule has 0 spiro atoms. The molecule has 1 aliphatic heterocycles. The average Bonchev–Trinajstić information content (AvgIpc) is 3.41. The van der Waals surface area contributed by atoms with Crippen molar-refractivity contribution in [2.24, 2.45) is 4.99 Å². The van der Waals surface area contributed by atoms with Crippen LogP contribution in [0.2, 0.25) is 0 Å². The highest BCUT2D eigenvalue weighted by atomic mass is 127. The van der Waals surface area contributed by atoms with E-state index >= 15 is 0 Å². The first-order valence-electron chi connectivity index (χ1n) is 9.36. The Morgan fingerprint density at radius 1 is 1.26 bits per heavy atom. The lowest BCUT2D eigenvalue weighted by molar-refractivity contribution is 0.215. The van der Waals surface area contributed by atoms with Crippen LogP contribution >= 0.6 is 35.3 Å². The summed E-state index contributed by atoms with van der Waals surface area (Å²) in [7, 11) is 1.82. The molecule has 1 saturated heterocycles. The number of hydrogen-bond acceptors (Lipinski definition) is 4. The van der Waals surface area contributed by atoms with Crippen LogP contribution in [0.5, 0.6) is 0 Å². The van der Waals surface area contributed by atoms with E-state index in [1.165, 1.54) is 17.7 Å². The Kier molecular flexibility index (Phi) is 8.62. The summed E-state index contributed by atoms with van der Waals surface area (Å²) in [6, 6.07) is 8.59. The first-order valence-corrected chi connectivity index (χ1v) is 10.2. The second-order valence-corrected chi connectivity index (χ2v) is 8.39. The van der Waals surface area contributed by atoms with Crippen LogP contribution in [0.25, 0.3) is 0 Å². The van der Waals surface area contributed by atoms with Crippen LogP contribution in [0.3, 0.4) is 0 Å². The molecule has 0 aliphatic carbocycles. The largest absolute Gasteiger partial charge is 0.468 e. The fraction of sp³-hybridized carbons (Fsp3) is 0.550. The first-order chi connectivity index (χ1) is 12.6. The third kappa shape index (κ3) is 5.96. The minimum atomic E-state index is 0. The second-order valence-electron chi connectivity index (χ2n) is 7.44. The van der Waals surface area contributed by atoms with Gasteiger partial charge in [-0.25, -0.2) is 0 Å². The van der Waals surface area contributed by atoms with Gasteiger partial charge in [0.25, 0.3) is 0 Å². The normalized spacial score (nSPS) is 16.8. The Morgan fingerprint density at radius 3 is 2.63 bits per heavy atom. The zero-order valence-electron chi connectivity index (χ0n) is 16.4. The van der Waals surface area contributed by atoms with Gasteiger partial charge < -0.3 is 15.1 Å². The number of nitrogens with one attached hydrogen (secondary N) is 2. The lowest BCUT2D eigenvalue weighted by Gasteiger charge is -2.28. The van der Waals surface area contributed by atoms with Gasteiger partial charge in [0, 0.05) is 30.4 Å². The Labute approximate surface area is 183 Å². The SMILES string of the molecule is CN=C(NCC(c1ccco1)N1CCCC1)NCC(C)(C)c1cccs1.I. The van der Waals surface area contributed by atoms with Crippen LogP contribution in [-0.2, 0) is 5.41 Å². The van der Waals surface area contributed by atoms with Crippen molar-refractivity contribution >= 4 is 41.3 Å². The van der Waals surface area contributed by atoms with Crippen molar-refractivity contribution in [3.8, 4) is 0 Å². The number of rotatable bonds is 7. The lowest BCUT2D eigenvalue weighted by Crippen LogP contribution is -2.46. The maximum Gasteiger partial charge on any atom is 0.191 e. The Bertz CT molecular complexity index is 679. The molecule has 0 bridgehead atoms. The summed E-state index contributed by atoms with van der Waals surface area (Å²) in [5.74, 6) is 1.86. The van der Waals surface area contributed by atoms with Gasteiger partial charge in [0.2, 0.25) is 0 Å². The van der Waals surface area contributed by atoms with Gasteiger partial charge in [-0.3, -0.25) is 9.89 Å². The summed E-state index contributed by atoms with van der Waals surface area (Å²) in [5.41, 5.74) is 0.0706. The summed E-state index contributed by atoms with van der Waals surface area (Å²) in [6.45, 7) is 8.40. The van der Waals surface area contributed by atoms with Crippen molar-refractivity contribution in [1.29, 1.82) is 0 Å². The standard InChI is InChI=1S/C20H30N4OS.HI/c1-20(2,18-9-7-13-26-18)15-23-19(21-3)22-14-16(17-8-6-12-25-17)24-10-4-5-11-24;/h6-9,12-13,16H,4-5,10-11,14-15H2,1-3H3,(H2,21,22,23);1H. The van der Waals surface area contributed by atoms with Gasteiger partial charge in [0.15, 0.2) is 5.96 Å². The number of halogens is 1. The van der Waals surface area contributed by atoms with Crippen molar-refractivity contribution in [2.75, 3.05) is 33.2 Å². The fourth-order valence-electron chi connectivity index (χ4n) is 3.41. The molecule has 0 saturated carbocycles. The number of aliphatic imine (C=N–C) groups is 1. The maximum atomic E-state index is 5.70. The molecule has 0 amide bonds. The third-order valence-electron chi connectivity index (χ3n) is 5.03. The number of hydrogen-bond donors (Lipinski definition) is 2. The van der Waals surface area contributed by atoms with Crippen LogP contribution in [0.1, 0.15) is 43.4 Å². The minimum absolute atomic E-state index is 0. The van der Waals surface area contributed by atoms with Crippen LogP contribution < -0.4 is 10.6 Å². The number of guanidine groups is 1. The van der Waals surface area contributed by atoms with Crippen LogP contribution in [0, 0.1) is 0 Å². The van der Waals surface area contributed by atoms with Crippen molar-refractivity contribution in [2.45, 2.75) is 38.1 Å². The van der Waals surface area contributed by atoms with Gasteiger partial charge in [0.1, 0.15) is 5.76 Å². The molecule has 1 unspecified atom stereocenters. The molecule has 5 nitrogen and oxygen atoms in total. The number of nitrogens with zero attached hydrogens (tertiary/aromatic N) is 2. The molecule has 0 radical (unpaired) electrons. The van der Waals surface area contributed by atoms with Crippen molar-refractivity contribution < 1.29 is 4.42 Å². The monoisotopic (exact) mass is 502 g/mol. The smallest absolute Gasteiger partial charge is 0.191 e. The molecule has 2 aromatic heterocycles. The van der Waals surface area contributed by atoms with E-state index < -0.39 is 0 Å². The van der Waals surface area contributed by atoms with Crippen molar-refractivity contribution in [3.63, 3.8) is 0 Å². The van der Waals surface area contributed by atoms with E-state index in [4.69, 9.17) is 4.42 Å². The molecule has 2 aromatic rings. The molecule has 7 heteroatoms. The zero-order chi connectivity index (χ0) is 18.4. The molecule has 1 fully saturated rings. The van der Waals surface area contributed by atoms with Crippen LogP contribution in [0.15, 0.2) is 45.3 Å². The first kappa shape index (κ1) is 22.2. The van der Waals surface area contributed by atoms with E-state index in [0.29, 0.717) is 0 Å². The molecule has 1 atom stereocenters. The summed E-state index contributed by atoms with van der Waals surface area (Å²) in [4.78, 5) is 8.28. The fourth-order valence-corrected chi connectivity index (χ4v) is 4.27. The Balaban J connectivity index is 0.00000261. The highest BCUT2D eigenvalue weighted by molar-refractivity contribution is 14.0. The van der Waals surface area contributed by atoms with Gasteiger partial charge in [0.05, 0.1) is 12.3 Å².